The number of aromatic nitrogens is 2. The van der Waals surface area contributed by atoms with Gasteiger partial charge in [-0.1, -0.05) is 42.5 Å². The van der Waals surface area contributed by atoms with Gasteiger partial charge < -0.3 is 10.8 Å². The van der Waals surface area contributed by atoms with Crippen molar-refractivity contribution in [3.8, 4) is 5.69 Å². The van der Waals surface area contributed by atoms with Crippen molar-refractivity contribution in [1.82, 2.24) is 9.78 Å². The topological polar surface area (TPSA) is 81.1 Å². The Balaban J connectivity index is 0.000000159. The number of aryl methyl sites for hydroxylation is 1. The lowest BCUT2D eigenvalue weighted by molar-refractivity contribution is 0.0696. The van der Waals surface area contributed by atoms with Crippen molar-refractivity contribution in [3.05, 3.63) is 83.2 Å². The van der Waals surface area contributed by atoms with Crippen LogP contribution in [0.5, 0.6) is 0 Å². The molecule has 1 aliphatic carbocycles. The first-order chi connectivity index (χ1) is 13.1. The van der Waals surface area contributed by atoms with Gasteiger partial charge in [0.05, 0.1) is 17.6 Å². The molecule has 140 valence electrons. The number of carbonyl (C=O) groups is 1. The monoisotopic (exact) mass is 363 g/mol. The minimum Gasteiger partial charge on any atom is -0.478 e. The Hall–Kier alpha value is -2.92. The lowest BCUT2D eigenvalue weighted by Crippen LogP contribution is -2.21. The van der Waals surface area contributed by atoms with Gasteiger partial charge in [0.15, 0.2) is 0 Å². The second kappa shape index (κ2) is 8.64. The van der Waals surface area contributed by atoms with Gasteiger partial charge in [0.1, 0.15) is 5.56 Å². The van der Waals surface area contributed by atoms with Gasteiger partial charge in [0.25, 0.3) is 0 Å². The zero-order chi connectivity index (χ0) is 19.2. The molecule has 1 aliphatic rings. The van der Waals surface area contributed by atoms with E-state index in [1.54, 1.807) is 11.6 Å². The van der Waals surface area contributed by atoms with Crippen molar-refractivity contribution >= 4 is 5.97 Å². The molecule has 1 heterocycles. The molecule has 0 saturated carbocycles. The second-order valence-electron chi connectivity index (χ2n) is 6.82. The molecule has 5 heteroatoms. The van der Waals surface area contributed by atoms with E-state index >= 15 is 0 Å². The van der Waals surface area contributed by atoms with Gasteiger partial charge in [-0.05, 0) is 55.9 Å². The minimum absolute atomic E-state index is 0.235. The van der Waals surface area contributed by atoms with Crippen molar-refractivity contribution in [2.75, 3.05) is 0 Å². The first-order valence-corrected chi connectivity index (χ1v) is 9.22. The SMILES string of the molecule is Cc1c(C(=O)O)cnn1-c1ccccc1.NC1CCCc2ccccc2C1. The van der Waals surface area contributed by atoms with Crippen LogP contribution >= 0.6 is 0 Å². The van der Waals surface area contributed by atoms with Crippen molar-refractivity contribution in [3.63, 3.8) is 0 Å². The molecule has 1 unspecified atom stereocenters. The Labute approximate surface area is 159 Å². The van der Waals surface area contributed by atoms with Crippen LogP contribution < -0.4 is 5.73 Å². The van der Waals surface area contributed by atoms with E-state index in [2.05, 4.69) is 29.4 Å². The van der Waals surface area contributed by atoms with Gasteiger partial charge in [-0.15, -0.1) is 0 Å². The number of rotatable bonds is 2. The summed E-state index contributed by atoms with van der Waals surface area (Å²) < 4.78 is 1.61. The van der Waals surface area contributed by atoms with Crippen LogP contribution in [0.25, 0.3) is 5.69 Å². The number of carboxylic acids is 1. The lowest BCUT2D eigenvalue weighted by atomic mass is 10.0. The van der Waals surface area contributed by atoms with E-state index < -0.39 is 5.97 Å². The van der Waals surface area contributed by atoms with Crippen LogP contribution in [0.4, 0.5) is 0 Å². The van der Waals surface area contributed by atoms with Crippen molar-refractivity contribution in [2.24, 2.45) is 5.73 Å². The summed E-state index contributed by atoms with van der Waals surface area (Å²) in [7, 11) is 0. The van der Waals surface area contributed by atoms with Crippen LogP contribution in [0, 0.1) is 6.92 Å². The van der Waals surface area contributed by atoms with E-state index in [1.807, 2.05) is 30.3 Å². The molecule has 4 rings (SSSR count). The number of hydrogen-bond acceptors (Lipinski definition) is 3. The van der Waals surface area contributed by atoms with Gasteiger partial charge in [-0.2, -0.15) is 5.10 Å². The van der Waals surface area contributed by atoms with Gasteiger partial charge in [-0.3, -0.25) is 0 Å². The highest BCUT2D eigenvalue weighted by Gasteiger charge is 2.13. The standard InChI is InChI=1S/C11H10N2O2.C11H15N/c1-8-10(11(14)15)7-12-13(8)9-5-3-2-4-6-9;12-11-7-3-6-9-4-1-2-5-10(9)8-11/h2-7H,1H3,(H,14,15);1-2,4-5,11H,3,6-8,12H2. The molecule has 0 spiro atoms. The second-order valence-corrected chi connectivity index (χ2v) is 6.82. The highest BCUT2D eigenvalue weighted by atomic mass is 16.4. The molecule has 0 radical (unpaired) electrons. The van der Waals surface area contributed by atoms with Crippen molar-refractivity contribution < 1.29 is 9.90 Å². The van der Waals surface area contributed by atoms with Crippen LogP contribution in [-0.4, -0.2) is 26.9 Å². The summed E-state index contributed by atoms with van der Waals surface area (Å²) in [6.07, 6.45) is 6.07. The molecule has 3 aromatic rings. The van der Waals surface area contributed by atoms with Crippen LogP contribution in [-0.2, 0) is 12.8 Å². The molecule has 0 saturated heterocycles. The van der Waals surface area contributed by atoms with Gasteiger partial charge >= 0.3 is 5.97 Å². The molecule has 0 fully saturated rings. The van der Waals surface area contributed by atoms with E-state index in [0.29, 0.717) is 11.7 Å². The van der Waals surface area contributed by atoms with E-state index in [-0.39, 0.29) is 5.56 Å². The molecule has 27 heavy (non-hydrogen) atoms. The van der Waals surface area contributed by atoms with Crippen LogP contribution in [0.2, 0.25) is 0 Å². The Bertz CT molecular complexity index is 903. The largest absolute Gasteiger partial charge is 0.478 e. The van der Waals surface area contributed by atoms with Crippen LogP contribution in [0.3, 0.4) is 0 Å². The number of carboxylic acid groups (broad SMARTS) is 1. The van der Waals surface area contributed by atoms with Crippen LogP contribution in [0.15, 0.2) is 60.8 Å². The van der Waals surface area contributed by atoms with Gasteiger partial charge in [0.2, 0.25) is 0 Å². The highest BCUT2D eigenvalue weighted by molar-refractivity contribution is 5.88. The molecule has 3 N–H and O–H groups in total. The number of benzene rings is 2. The average Bonchev–Trinajstić information content (AvgIpc) is 2.95. The van der Waals surface area contributed by atoms with E-state index in [4.69, 9.17) is 10.8 Å². The summed E-state index contributed by atoms with van der Waals surface area (Å²) in [6.45, 7) is 1.74. The molecule has 1 atom stereocenters. The first kappa shape index (κ1) is 18.9. The normalized spacial score (nSPS) is 15.9. The average molecular weight is 363 g/mol. The van der Waals surface area contributed by atoms with Gasteiger partial charge in [0, 0.05) is 6.04 Å². The third kappa shape index (κ3) is 4.63. The van der Waals surface area contributed by atoms with Crippen LogP contribution in [0.1, 0.15) is 40.0 Å². The van der Waals surface area contributed by atoms with Crippen molar-refractivity contribution in [1.29, 1.82) is 0 Å². The third-order valence-electron chi connectivity index (χ3n) is 4.86. The molecule has 2 aromatic carbocycles. The van der Waals surface area contributed by atoms with E-state index in [9.17, 15) is 4.79 Å². The lowest BCUT2D eigenvalue weighted by Gasteiger charge is -2.07. The van der Waals surface area contributed by atoms with Crippen molar-refractivity contribution in [2.45, 2.75) is 38.6 Å². The minimum atomic E-state index is -0.949. The van der Waals surface area contributed by atoms with E-state index in [1.165, 1.54) is 36.6 Å². The number of nitrogens with two attached hydrogens (primary N) is 1. The molecule has 0 bridgehead atoms. The Kier molecular flexibility index (Phi) is 6.04. The number of para-hydroxylation sites is 1. The zero-order valence-electron chi connectivity index (χ0n) is 15.5. The maximum Gasteiger partial charge on any atom is 0.339 e. The number of hydrogen-bond donors (Lipinski definition) is 2. The van der Waals surface area contributed by atoms with Gasteiger partial charge in [-0.25, -0.2) is 9.48 Å². The molecule has 1 aromatic heterocycles. The summed E-state index contributed by atoms with van der Waals surface area (Å²) in [5.41, 5.74) is 10.6. The highest BCUT2D eigenvalue weighted by Crippen LogP contribution is 2.19. The summed E-state index contributed by atoms with van der Waals surface area (Å²) in [5, 5.41) is 12.9. The number of aromatic carboxylic acids is 1. The maximum absolute atomic E-state index is 10.8. The summed E-state index contributed by atoms with van der Waals surface area (Å²) in [5.74, 6) is -0.949. The number of fused-ring (bicyclic) bond motifs is 1. The summed E-state index contributed by atoms with van der Waals surface area (Å²) >= 11 is 0. The molecular weight excluding hydrogens is 338 g/mol. The summed E-state index contributed by atoms with van der Waals surface area (Å²) in [4.78, 5) is 10.8. The smallest absolute Gasteiger partial charge is 0.339 e. The predicted octanol–water partition coefficient (Wildman–Crippen LogP) is 3.77. The fourth-order valence-electron chi connectivity index (χ4n) is 3.39. The molecule has 0 aliphatic heterocycles. The molecular formula is C22H25N3O2. The Morgan fingerprint density at radius 2 is 1.78 bits per heavy atom. The quantitative estimate of drug-likeness (QED) is 0.679. The maximum atomic E-state index is 10.8. The molecule has 5 nitrogen and oxygen atoms in total. The zero-order valence-corrected chi connectivity index (χ0v) is 15.5. The summed E-state index contributed by atoms with van der Waals surface area (Å²) in [6, 6.07) is 18.5. The predicted molar refractivity (Wildman–Crippen MR) is 106 cm³/mol. The first-order valence-electron chi connectivity index (χ1n) is 9.22. The fraction of sp³-hybridized carbons (Fsp3) is 0.273. The molecule has 0 amide bonds. The number of nitrogens with zero attached hydrogens (tertiary/aromatic N) is 2. The third-order valence-corrected chi connectivity index (χ3v) is 4.86. The fourth-order valence-corrected chi connectivity index (χ4v) is 3.39. The Morgan fingerprint density at radius 3 is 2.44 bits per heavy atom. The Morgan fingerprint density at radius 1 is 1.11 bits per heavy atom. The van der Waals surface area contributed by atoms with E-state index in [0.717, 1.165) is 12.1 Å².